The Balaban J connectivity index is -0.0000000218. The van der Waals surface area contributed by atoms with E-state index in [1.165, 1.54) is 0 Å². The first-order valence-corrected chi connectivity index (χ1v) is 9.61. The molecule has 0 N–H and O–H groups in total. The molecule has 0 aliphatic carbocycles. The summed E-state index contributed by atoms with van der Waals surface area (Å²) >= 11 is 0. The van der Waals surface area contributed by atoms with Crippen molar-refractivity contribution in [2.45, 2.75) is 0 Å². The van der Waals surface area contributed by atoms with E-state index in [-0.39, 0.29) is 44.8 Å². The summed E-state index contributed by atoms with van der Waals surface area (Å²) in [5.41, 5.74) is 0. The minimum atomic E-state index is -0.889. The molecular formula is C10H20Au2N2P2-4. The smallest absolute Gasteiger partial charge is 0 e. The number of nitrogens with zero attached hydrogens (tertiary/aromatic N) is 2. The second-order valence-corrected chi connectivity index (χ2v) is 11.6. The number of hydrogen-bond donors (Lipinski definition) is 0. The molecule has 0 heterocycles. The molecule has 0 aromatic carbocycles. The average Bonchev–Trinajstić information content (AvgIpc) is 1.88. The Hall–Kier alpha value is 1.32. The summed E-state index contributed by atoms with van der Waals surface area (Å²) in [6.45, 7) is 32.9. The summed E-state index contributed by atoms with van der Waals surface area (Å²) < 4.78 is 0. The van der Waals surface area contributed by atoms with Crippen molar-refractivity contribution in [1.29, 1.82) is 10.5 Å². The van der Waals surface area contributed by atoms with E-state index in [0.717, 1.165) is 0 Å². The second-order valence-electron chi connectivity index (χ2n) is 3.87. The largest absolute Gasteiger partial charge is 0.512 e. The van der Waals surface area contributed by atoms with Crippen molar-refractivity contribution in [3.05, 3.63) is 39.8 Å². The van der Waals surface area contributed by atoms with Crippen LogP contribution in [0, 0.1) is 50.3 Å². The van der Waals surface area contributed by atoms with Crippen LogP contribution in [0.15, 0.2) is 0 Å². The van der Waals surface area contributed by atoms with Gasteiger partial charge in [-0.25, -0.2) is 26.7 Å². The molecule has 0 atom stereocenters. The van der Waals surface area contributed by atoms with Crippen molar-refractivity contribution in [3.8, 4) is 0 Å². The van der Waals surface area contributed by atoms with Crippen molar-refractivity contribution in [3.63, 3.8) is 0 Å². The summed E-state index contributed by atoms with van der Waals surface area (Å²) in [7, 11) is -1.78. The van der Waals surface area contributed by atoms with Crippen molar-refractivity contribution < 1.29 is 44.8 Å². The van der Waals surface area contributed by atoms with Gasteiger partial charge in [-0.15, -0.1) is 0 Å². The number of hydrogen-bond acceptors (Lipinski definition) is 2. The van der Waals surface area contributed by atoms with E-state index in [2.05, 4.69) is 53.3 Å². The van der Waals surface area contributed by atoms with Gasteiger partial charge in [0.1, 0.15) is 0 Å². The van der Waals surface area contributed by atoms with Crippen LogP contribution in [0.3, 0.4) is 0 Å². The monoisotopic (exact) mass is 624 g/mol. The minimum absolute atomic E-state index is 0. The van der Waals surface area contributed by atoms with E-state index in [1.807, 2.05) is 0 Å². The van der Waals surface area contributed by atoms with Crippen LogP contribution in [-0.2, 0) is 44.8 Å². The Morgan fingerprint density at radius 1 is 0.625 bits per heavy atom. The van der Waals surface area contributed by atoms with Crippen LogP contribution in [0.25, 0.3) is 0 Å². The predicted octanol–water partition coefficient (Wildman–Crippen LogP) is 3.88. The molecule has 0 bridgehead atoms. The molecule has 0 aromatic rings. The van der Waals surface area contributed by atoms with Crippen LogP contribution in [0.4, 0.5) is 0 Å². The van der Waals surface area contributed by atoms with Crippen LogP contribution < -0.4 is 0 Å². The topological polar surface area (TPSA) is 47.6 Å². The van der Waals surface area contributed by atoms with E-state index in [1.54, 1.807) is 0 Å². The van der Waals surface area contributed by atoms with Crippen LogP contribution >= 0.6 is 14.5 Å². The molecule has 16 heavy (non-hydrogen) atoms. The Labute approximate surface area is 135 Å². The predicted molar refractivity (Wildman–Crippen MR) is 68.9 cm³/mol. The summed E-state index contributed by atoms with van der Waals surface area (Å²) in [4.78, 5) is 0. The maximum atomic E-state index is 6.25. The number of rotatable bonds is 0. The van der Waals surface area contributed by atoms with Gasteiger partial charge in [0.2, 0.25) is 0 Å². The fourth-order valence-corrected chi connectivity index (χ4v) is 0. The maximum Gasteiger partial charge on any atom is 0 e. The third-order valence-corrected chi connectivity index (χ3v) is 0. The van der Waals surface area contributed by atoms with E-state index < -0.39 is 14.5 Å². The van der Waals surface area contributed by atoms with E-state index in [4.69, 9.17) is 23.7 Å². The second kappa shape index (κ2) is 21.6. The SMILES string of the molecule is [Au].[Au].[C-]#N.[C-]#N.[CH2-][P+]([CH2-])(C)C.[CH2-][P+]([CH2-])(C)C. The zero-order chi connectivity index (χ0) is 13.0. The van der Waals surface area contributed by atoms with E-state index >= 15 is 0 Å². The van der Waals surface area contributed by atoms with Crippen molar-refractivity contribution in [2.24, 2.45) is 0 Å². The Morgan fingerprint density at radius 3 is 0.625 bits per heavy atom. The van der Waals surface area contributed by atoms with Crippen molar-refractivity contribution >= 4 is 14.5 Å². The standard InChI is InChI=1S/2C4H10P.2CN.2Au/c2*1-5(2,3)4;2*1-2;;/h2*1-2H2,3-4H3;;;;/q4*-1;;. The first-order valence-electron chi connectivity index (χ1n) is 3.50. The van der Waals surface area contributed by atoms with E-state index in [9.17, 15) is 0 Å². The molecule has 2 nitrogen and oxygen atoms in total. The molecule has 0 aromatic heterocycles. The Bertz CT molecular complexity index is 116. The first-order chi connectivity index (χ1) is 6.00. The normalized spacial score (nSPS) is 7.75. The molecule has 2 radical (unpaired) electrons. The zero-order valence-corrected chi connectivity index (χ0v) is 16.3. The molecule has 0 amide bonds. The third-order valence-electron chi connectivity index (χ3n) is 0. The van der Waals surface area contributed by atoms with Gasteiger partial charge in [-0.1, -0.05) is 0 Å². The molecule has 0 unspecified atom stereocenters. The van der Waals surface area contributed by atoms with Crippen molar-refractivity contribution in [1.82, 2.24) is 0 Å². The van der Waals surface area contributed by atoms with Gasteiger partial charge in [0.15, 0.2) is 0 Å². The average molecular weight is 624 g/mol. The van der Waals surface area contributed by atoms with Crippen LogP contribution in [0.5, 0.6) is 0 Å². The third kappa shape index (κ3) is 1800. The molecule has 0 fully saturated rings. The van der Waals surface area contributed by atoms with Crippen LogP contribution in [-0.4, -0.2) is 26.7 Å². The molecule has 0 saturated heterocycles. The molecule has 0 saturated carbocycles. The molecule has 106 valence electrons. The minimum Gasteiger partial charge on any atom is -0.512 e. The van der Waals surface area contributed by atoms with Gasteiger partial charge in [-0.3, -0.25) is 14.5 Å². The van der Waals surface area contributed by atoms with Gasteiger partial charge >= 0.3 is 0 Å². The molecule has 0 rings (SSSR count). The summed E-state index contributed by atoms with van der Waals surface area (Å²) in [6.07, 6.45) is 0. The first kappa shape index (κ1) is 36.0. The Morgan fingerprint density at radius 2 is 0.625 bits per heavy atom. The summed E-state index contributed by atoms with van der Waals surface area (Å²) in [5, 5.41) is 12.5. The summed E-state index contributed by atoms with van der Waals surface area (Å²) in [5.74, 6) is 0. The fraction of sp³-hybridized carbons (Fsp3) is 0.400. The molecular weight excluding hydrogens is 604 g/mol. The maximum absolute atomic E-state index is 6.25. The quantitative estimate of drug-likeness (QED) is 0.234. The van der Waals surface area contributed by atoms with Crippen molar-refractivity contribution in [2.75, 3.05) is 26.7 Å². The van der Waals surface area contributed by atoms with Gasteiger partial charge in [0.25, 0.3) is 0 Å². The molecule has 0 aliphatic heterocycles. The van der Waals surface area contributed by atoms with Gasteiger partial charge in [0.05, 0.1) is 0 Å². The zero-order valence-electron chi connectivity index (χ0n) is 10.2. The van der Waals surface area contributed by atoms with Crippen LogP contribution in [0.2, 0.25) is 0 Å². The van der Waals surface area contributed by atoms with Gasteiger partial charge in [-0.05, 0) is 26.7 Å². The molecule has 0 aliphatic rings. The van der Waals surface area contributed by atoms with Gasteiger partial charge in [-0.2, -0.15) is 0 Å². The Kier molecular flexibility index (Phi) is 48.6. The van der Waals surface area contributed by atoms with Gasteiger partial charge < -0.3 is 23.7 Å². The van der Waals surface area contributed by atoms with Crippen LogP contribution in [0.1, 0.15) is 0 Å². The fourth-order valence-electron chi connectivity index (χ4n) is 0. The van der Waals surface area contributed by atoms with Gasteiger partial charge in [0, 0.05) is 44.8 Å². The summed E-state index contributed by atoms with van der Waals surface area (Å²) in [6, 6.07) is 0. The molecule has 0 spiro atoms. The molecule has 6 heteroatoms. The van der Waals surface area contributed by atoms with E-state index in [0.29, 0.717) is 0 Å².